The molecular formula is C24H28N2O4. The molecule has 1 aliphatic rings. The number of hydrogen-bond donors (Lipinski definition) is 1. The molecule has 1 fully saturated rings. The van der Waals surface area contributed by atoms with Crippen LogP contribution >= 0.6 is 0 Å². The zero-order chi connectivity index (χ0) is 21.3. The lowest BCUT2D eigenvalue weighted by atomic mass is 9.95. The third-order valence-corrected chi connectivity index (χ3v) is 5.31. The van der Waals surface area contributed by atoms with Crippen molar-refractivity contribution >= 4 is 17.9 Å². The first-order valence-electron chi connectivity index (χ1n) is 10.1. The second kappa shape index (κ2) is 10.5. The van der Waals surface area contributed by atoms with Gasteiger partial charge in [0.1, 0.15) is 0 Å². The van der Waals surface area contributed by atoms with Gasteiger partial charge in [0.05, 0.1) is 14.2 Å². The van der Waals surface area contributed by atoms with E-state index in [0.717, 1.165) is 11.1 Å². The second-order valence-electron chi connectivity index (χ2n) is 7.25. The molecule has 2 aromatic rings. The summed E-state index contributed by atoms with van der Waals surface area (Å²) in [5.41, 5.74) is 1.94. The van der Waals surface area contributed by atoms with Crippen LogP contribution in [0.3, 0.4) is 0 Å². The molecule has 1 N–H and O–H groups in total. The monoisotopic (exact) mass is 408 g/mol. The average molecular weight is 408 g/mol. The Bertz CT molecular complexity index is 887. The highest BCUT2D eigenvalue weighted by atomic mass is 16.5. The number of likely N-dealkylation sites (tertiary alicyclic amines) is 1. The first-order chi connectivity index (χ1) is 14.6. The van der Waals surface area contributed by atoms with E-state index in [4.69, 9.17) is 9.47 Å². The summed E-state index contributed by atoms with van der Waals surface area (Å²) >= 11 is 0. The van der Waals surface area contributed by atoms with E-state index < -0.39 is 0 Å². The van der Waals surface area contributed by atoms with Crippen LogP contribution in [0.1, 0.15) is 24.0 Å². The van der Waals surface area contributed by atoms with Crippen molar-refractivity contribution in [2.75, 3.05) is 27.3 Å². The summed E-state index contributed by atoms with van der Waals surface area (Å²) in [5.74, 6) is 1.23. The standard InChI is InChI=1S/C24H28N2O4/c1-29-21-10-8-19(16-22(21)30-2)17-25-24(28)20-12-14-26(15-13-20)23(27)11-9-18-6-4-3-5-7-18/h3-11,16,20H,12-15,17H2,1-2H3,(H,25,28). The minimum absolute atomic E-state index is 0.0111. The molecule has 1 heterocycles. The molecule has 158 valence electrons. The zero-order valence-electron chi connectivity index (χ0n) is 17.5. The molecule has 0 aliphatic carbocycles. The molecule has 0 unspecified atom stereocenters. The topological polar surface area (TPSA) is 67.9 Å². The van der Waals surface area contributed by atoms with E-state index in [-0.39, 0.29) is 17.7 Å². The van der Waals surface area contributed by atoms with Crippen molar-refractivity contribution in [1.29, 1.82) is 0 Å². The number of rotatable bonds is 7. The Kier molecular flexibility index (Phi) is 7.49. The maximum Gasteiger partial charge on any atom is 0.246 e. The maximum atomic E-state index is 12.6. The van der Waals surface area contributed by atoms with Gasteiger partial charge in [-0.05, 0) is 42.2 Å². The van der Waals surface area contributed by atoms with Gasteiger partial charge in [-0.25, -0.2) is 0 Å². The van der Waals surface area contributed by atoms with Crippen molar-refractivity contribution in [3.05, 3.63) is 65.7 Å². The number of ether oxygens (including phenoxy) is 2. The maximum absolute atomic E-state index is 12.6. The number of amides is 2. The lowest BCUT2D eigenvalue weighted by Crippen LogP contribution is -2.42. The summed E-state index contributed by atoms with van der Waals surface area (Å²) in [6.07, 6.45) is 4.77. The molecule has 1 aliphatic heterocycles. The van der Waals surface area contributed by atoms with E-state index in [1.54, 1.807) is 25.2 Å². The van der Waals surface area contributed by atoms with Crippen molar-refractivity contribution in [3.63, 3.8) is 0 Å². The Balaban J connectivity index is 1.46. The van der Waals surface area contributed by atoms with Gasteiger partial charge in [-0.1, -0.05) is 36.4 Å². The summed E-state index contributed by atoms with van der Waals surface area (Å²) in [4.78, 5) is 26.7. The molecule has 0 aromatic heterocycles. The molecule has 6 nitrogen and oxygen atoms in total. The van der Waals surface area contributed by atoms with E-state index in [2.05, 4.69) is 5.32 Å². The fourth-order valence-electron chi connectivity index (χ4n) is 3.52. The van der Waals surface area contributed by atoms with Crippen molar-refractivity contribution in [1.82, 2.24) is 10.2 Å². The van der Waals surface area contributed by atoms with Crippen molar-refractivity contribution < 1.29 is 19.1 Å². The minimum Gasteiger partial charge on any atom is -0.493 e. The number of carbonyl (C=O) groups excluding carboxylic acids is 2. The Hall–Kier alpha value is -3.28. The van der Waals surface area contributed by atoms with Crippen LogP contribution in [0.5, 0.6) is 11.5 Å². The SMILES string of the molecule is COc1ccc(CNC(=O)C2CCN(C(=O)C=Cc3ccccc3)CC2)cc1OC. The number of benzene rings is 2. The predicted molar refractivity (Wildman–Crippen MR) is 116 cm³/mol. The number of methoxy groups -OCH3 is 2. The van der Waals surface area contributed by atoms with Crippen LogP contribution < -0.4 is 14.8 Å². The first kappa shape index (κ1) is 21.4. The number of nitrogens with zero attached hydrogens (tertiary/aromatic N) is 1. The minimum atomic E-state index is -0.0766. The van der Waals surface area contributed by atoms with Gasteiger partial charge in [0.25, 0.3) is 0 Å². The number of nitrogens with one attached hydrogen (secondary N) is 1. The van der Waals surface area contributed by atoms with E-state index in [1.807, 2.05) is 54.6 Å². The van der Waals surface area contributed by atoms with E-state index >= 15 is 0 Å². The Morgan fingerprint density at radius 2 is 1.73 bits per heavy atom. The largest absolute Gasteiger partial charge is 0.493 e. The molecule has 0 atom stereocenters. The molecular weight excluding hydrogens is 380 g/mol. The van der Waals surface area contributed by atoms with Crippen LogP contribution in [0.2, 0.25) is 0 Å². The molecule has 0 bridgehead atoms. The molecule has 0 saturated carbocycles. The zero-order valence-corrected chi connectivity index (χ0v) is 17.5. The first-order valence-corrected chi connectivity index (χ1v) is 10.1. The second-order valence-corrected chi connectivity index (χ2v) is 7.25. The van der Waals surface area contributed by atoms with Gasteiger partial charge in [-0.15, -0.1) is 0 Å². The number of hydrogen-bond acceptors (Lipinski definition) is 4. The molecule has 0 radical (unpaired) electrons. The normalized spacial score (nSPS) is 14.5. The van der Waals surface area contributed by atoms with Crippen LogP contribution in [0, 0.1) is 5.92 Å². The van der Waals surface area contributed by atoms with Gasteiger partial charge in [0.2, 0.25) is 11.8 Å². The Labute approximate surface area is 177 Å². The van der Waals surface area contributed by atoms with E-state index in [0.29, 0.717) is 44.0 Å². The third kappa shape index (κ3) is 5.63. The van der Waals surface area contributed by atoms with E-state index in [1.165, 1.54) is 0 Å². The highest BCUT2D eigenvalue weighted by molar-refractivity contribution is 5.92. The summed E-state index contributed by atoms with van der Waals surface area (Å²) < 4.78 is 10.5. The average Bonchev–Trinajstić information content (AvgIpc) is 2.81. The van der Waals surface area contributed by atoms with Crippen LogP contribution in [0.4, 0.5) is 0 Å². The smallest absolute Gasteiger partial charge is 0.246 e. The third-order valence-electron chi connectivity index (χ3n) is 5.31. The van der Waals surface area contributed by atoms with Gasteiger partial charge < -0.3 is 19.7 Å². The summed E-state index contributed by atoms with van der Waals surface area (Å²) in [5, 5.41) is 3.00. The van der Waals surface area contributed by atoms with Crippen molar-refractivity contribution in [2.24, 2.45) is 5.92 Å². The lowest BCUT2D eigenvalue weighted by molar-refractivity contribution is -0.132. The van der Waals surface area contributed by atoms with Gasteiger partial charge in [0.15, 0.2) is 11.5 Å². The predicted octanol–water partition coefficient (Wildman–Crippen LogP) is 3.27. The number of piperidine rings is 1. The molecule has 0 spiro atoms. The van der Waals surface area contributed by atoms with E-state index in [9.17, 15) is 9.59 Å². The lowest BCUT2D eigenvalue weighted by Gasteiger charge is -2.30. The summed E-state index contributed by atoms with van der Waals surface area (Å²) in [6, 6.07) is 15.3. The van der Waals surface area contributed by atoms with Gasteiger partial charge >= 0.3 is 0 Å². The van der Waals surface area contributed by atoms with Crippen LogP contribution in [-0.2, 0) is 16.1 Å². The molecule has 1 saturated heterocycles. The van der Waals surface area contributed by atoms with Gasteiger partial charge in [0, 0.05) is 31.6 Å². The molecule has 6 heteroatoms. The van der Waals surface area contributed by atoms with Gasteiger partial charge in [-0.2, -0.15) is 0 Å². The quantitative estimate of drug-likeness (QED) is 0.714. The molecule has 3 rings (SSSR count). The molecule has 30 heavy (non-hydrogen) atoms. The summed E-state index contributed by atoms with van der Waals surface area (Å²) in [6.45, 7) is 1.61. The Morgan fingerprint density at radius 1 is 1.03 bits per heavy atom. The highest BCUT2D eigenvalue weighted by Crippen LogP contribution is 2.27. The van der Waals surface area contributed by atoms with Crippen molar-refractivity contribution in [3.8, 4) is 11.5 Å². The number of carbonyl (C=O) groups is 2. The summed E-state index contributed by atoms with van der Waals surface area (Å²) in [7, 11) is 3.18. The Morgan fingerprint density at radius 3 is 2.40 bits per heavy atom. The van der Waals surface area contributed by atoms with Crippen LogP contribution in [-0.4, -0.2) is 44.0 Å². The molecule has 2 amide bonds. The fourth-order valence-corrected chi connectivity index (χ4v) is 3.52. The molecule has 2 aromatic carbocycles. The highest BCUT2D eigenvalue weighted by Gasteiger charge is 2.26. The van der Waals surface area contributed by atoms with Gasteiger partial charge in [-0.3, -0.25) is 9.59 Å². The van der Waals surface area contributed by atoms with Crippen LogP contribution in [0.25, 0.3) is 6.08 Å². The van der Waals surface area contributed by atoms with Crippen LogP contribution in [0.15, 0.2) is 54.6 Å². The van der Waals surface area contributed by atoms with Crippen molar-refractivity contribution in [2.45, 2.75) is 19.4 Å². The fraction of sp³-hybridized carbons (Fsp3) is 0.333.